The van der Waals surface area contributed by atoms with E-state index in [1.165, 1.54) is 0 Å². The molecule has 0 aliphatic carbocycles. The van der Waals surface area contributed by atoms with Crippen molar-refractivity contribution in [3.63, 3.8) is 0 Å². The normalized spacial score (nSPS) is 14.1. The van der Waals surface area contributed by atoms with E-state index in [4.69, 9.17) is 23.1 Å². The Balaban J connectivity index is 1.33. The molecule has 9 nitrogen and oxygen atoms in total. The number of nitrogens with one attached hydrogen (secondary N) is 1. The lowest BCUT2D eigenvalue weighted by Gasteiger charge is -2.35. The van der Waals surface area contributed by atoms with E-state index in [0.717, 1.165) is 16.6 Å². The van der Waals surface area contributed by atoms with Gasteiger partial charge in [0, 0.05) is 42.5 Å². The first kappa shape index (κ1) is 21.0. The Hall–Kier alpha value is -3.85. The van der Waals surface area contributed by atoms with Gasteiger partial charge < -0.3 is 26.3 Å². The molecule has 4 aromatic rings. The number of halogens is 1. The molecule has 0 spiro atoms. The molecule has 33 heavy (non-hydrogen) atoms. The number of amides is 1. The summed E-state index contributed by atoms with van der Waals surface area (Å²) in [5, 5.41) is 0.633. The number of piperazine rings is 1. The lowest BCUT2D eigenvalue weighted by molar-refractivity contribution is -0.130. The van der Waals surface area contributed by atoms with Crippen molar-refractivity contribution in [1.29, 1.82) is 0 Å². The first-order valence-corrected chi connectivity index (χ1v) is 11.0. The Morgan fingerprint density at radius 2 is 1.76 bits per heavy atom. The molecule has 3 heterocycles. The highest BCUT2D eigenvalue weighted by atomic mass is 35.5. The Morgan fingerprint density at radius 1 is 1.00 bits per heavy atom. The molecule has 0 atom stereocenters. The van der Waals surface area contributed by atoms with E-state index in [-0.39, 0.29) is 11.9 Å². The largest absolute Gasteiger partial charge is 0.399 e. The summed E-state index contributed by atoms with van der Waals surface area (Å²) >= 11 is 6.04. The maximum Gasteiger partial charge on any atom is 0.227 e. The Morgan fingerprint density at radius 3 is 2.48 bits per heavy atom. The molecule has 0 bridgehead atoms. The Labute approximate surface area is 195 Å². The maximum absolute atomic E-state index is 12.8. The minimum absolute atomic E-state index is 0.0800. The molecular formula is C23H23ClN8O. The van der Waals surface area contributed by atoms with Crippen molar-refractivity contribution in [2.45, 2.75) is 6.42 Å². The zero-order chi connectivity index (χ0) is 22.9. The number of nitrogens with two attached hydrogens (primary N) is 2. The molecule has 1 amide bonds. The number of carbonyl (C=O) groups excluding carboxylic acids is 1. The van der Waals surface area contributed by atoms with Gasteiger partial charge in [-0.15, -0.1) is 0 Å². The number of nitrogen functional groups attached to an aromatic ring is 2. The van der Waals surface area contributed by atoms with Crippen molar-refractivity contribution in [2.24, 2.45) is 0 Å². The van der Waals surface area contributed by atoms with Gasteiger partial charge in [-0.05, 0) is 42.0 Å². The van der Waals surface area contributed by atoms with Crippen molar-refractivity contribution in [3.05, 3.63) is 59.1 Å². The molecule has 0 radical (unpaired) electrons. The van der Waals surface area contributed by atoms with E-state index in [1.54, 1.807) is 6.07 Å². The average Bonchev–Trinajstić information content (AvgIpc) is 3.23. The number of imidazole rings is 1. The van der Waals surface area contributed by atoms with E-state index >= 15 is 0 Å². The topological polar surface area (TPSA) is 130 Å². The molecule has 2 aromatic carbocycles. The van der Waals surface area contributed by atoms with Gasteiger partial charge in [0.2, 0.25) is 11.9 Å². The third kappa shape index (κ3) is 4.40. The molecule has 168 valence electrons. The van der Waals surface area contributed by atoms with Crippen LogP contribution in [0.3, 0.4) is 0 Å². The fourth-order valence-electron chi connectivity index (χ4n) is 4.01. The lowest BCUT2D eigenvalue weighted by atomic mass is 10.1. The van der Waals surface area contributed by atoms with Gasteiger partial charge in [-0.2, -0.15) is 9.97 Å². The van der Waals surface area contributed by atoms with E-state index in [2.05, 4.69) is 24.8 Å². The number of carbonyl (C=O) groups is 1. The summed E-state index contributed by atoms with van der Waals surface area (Å²) in [6.45, 7) is 2.43. The number of fused-ring (bicyclic) bond motifs is 1. The summed E-state index contributed by atoms with van der Waals surface area (Å²) in [6, 6.07) is 14.8. The van der Waals surface area contributed by atoms with Gasteiger partial charge in [0.1, 0.15) is 11.3 Å². The van der Waals surface area contributed by atoms with Crippen molar-refractivity contribution < 1.29 is 4.79 Å². The number of nitrogens with zero attached hydrogens (tertiary/aromatic N) is 5. The predicted molar refractivity (Wildman–Crippen MR) is 130 cm³/mol. The second-order valence-corrected chi connectivity index (χ2v) is 8.42. The molecule has 1 aliphatic heterocycles. The maximum atomic E-state index is 12.8. The van der Waals surface area contributed by atoms with Crippen LogP contribution in [0, 0.1) is 0 Å². The molecule has 1 fully saturated rings. The predicted octanol–water partition coefficient (Wildman–Crippen LogP) is 2.73. The number of benzene rings is 2. The second-order valence-electron chi connectivity index (χ2n) is 7.99. The fraction of sp³-hybridized carbons (Fsp3) is 0.217. The molecule has 10 heteroatoms. The van der Waals surface area contributed by atoms with E-state index in [0.29, 0.717) is 60.6 Å². The molecule has 1 saturated heterocycles. The molecule has 2 aromatic heterocycles. The second kappa shape index (κ2) is 8.59. The van der Waals surface area contributed by atoms with Crippen LogP contribution < -0.4 is 16.4 Å². The highest BCUT2D eigenvalue weighted by Gasteiger charge is 2.25. The number of hydrogen-bond acceptors (Lipinski definition) is 7. The molecule has 0 unspecified atom stereocenters. The smallest absolute Gasteiger partial charge is 0.227 e. The van der Waals surface area contributed by atoms with Gasteiger partial charge >= 0.3 is 0 Å². The summed E-state index contributed by atoms with van der Waals surface area (Å²) in [5.41, 5.74) is 15.5. The number of rotatable bonds is 4. The first-order valence-electron chi connectivity index (χ1n) is 10.6. The summed E-state index contributed by atoms with van der Waals surface area (Å²) < 4.78 is 0. The zero-order valence-electron chi connectivity index (χ0n) is 17.8. The van der Waals surface area contributed by atoms with Crippen molar-refractivity contribution in [1.82, 2.24) is 24.8 Å². The number of aromatic nitrogens is 4. The highest BCUT2D eigenvalue weighted by molar-refractivity contribution is 6.30. The third-order valence-corrected chi connectivity index (χ3v) is 5.94. The monoisotopic (exact) mass is 462 g/mol. The van der Waals surface area contributed by atoms with Crippen molar-refractivity contribution in [3.8, 4) is 11.4 Å². The zero-order valence-corrected chi connectivity index (χ0v) is 18.6. The standard InChI is InChI=1S/C23H23ClN8O/c24-16-3-1-2-14(12-16)13-18(33)31-8-10-32(11-9-31)22-19-21(29-23(26)30-22)28-20(27-19)15-4-6-17(25)7-5-15/h1-7,12H,8-11,13,25H2,(H3,26,27,28,29,30). The van der Waals surface area contributed by atoms with E-state index < -0.39 is 0 Å². The minimum atomic E-state index is 0.0800. The summed E-state index contributed by atoms with van der Waals surface area (Å²) in [5.74, 6) is 1.60. The van der Waals surface area contributed by atoms with Crippen LogP contribution in [0.1, 0.15) is 5.56 Å². The van der Waals surface area contributed by atoms with Crippen LogP contribution in [0.25, 0.3) is 22.6 Å². The average molecular weight is 463 g/mol. The number of anilines is 3. The molecule has 5 N–H and O–H groups in total. The van der Waals surface area contributed by atoms with Crippen LogP contribution in [-0.4, -0.2) is 56.9 Å². The van der Waals surface area contributed by atoms with Gasteiger partial charge in [-0.3, -0.25) is 4.79 Å². The highest BCUT2D eigenvalue weighted by Crippen LogP contribution is 2.28. The number of aromatic amines is 1. The Bertz CT molecular complexity index is 1310. The molecule has 0 saturated carbocycles. The summed E-state index contributed by atoms with van der Waals surface area (Å²) in [4.78, 5) is 33.4. The van der Waals surface area contributed by atoms with Gasteiger partial charge in [-0.25, -0.2) is 4.98 Å². The molecule has 5 rings (SSSR count). The van der Waals surface area contributed by atoms with E-state index in [9.17, 15) is 4.79 Å². The Kier molecular flexibility index (Phi) is 5.47. The fourth-order valence-corrected chi connectivity index (χ4v) is 4.22. The van der Waals surface area contributed by atoms with Crippen LogP contribution >= 0.6 is 11.6 Å². The summed E-state index contributed by atoms with van der Waals surface area (Å²) in [7, 11) is 0. The van der Waals surface area contributed by atoms with Gasteiger partial charge in [0.15, 0.2) is 11.5 Å². The van der Waals surface area contributed by atoms with Gasteiger partial charge in [-0.1, -0.05) is 23.7 Å². The van der Waals surface area contributed by atoms with Crippen LogP contribution in [0.4, 0.5) is 17.5 Å². The number of hydrogen-bond donors (Lipinski definition) is 3. The van der Waals surface area contributed by atoms with E-state index in [1.807, 2.05) is 47.4 Å². The quantitative estimate of drug-likeness (QED) is 0.397. The van der Waals surface area contributed by atoms with Crippen molar-refractivity contribution >= 4 is 46.1 Å². The van der Waals surface area contributed by atoms with Crippen LogP contribution in [0.2, 0.25) is 5.02 Å². The van der Waals surface area contributed by atoms with Gasteiger partial charge in [0.05, 0.1) is 6.42 Å². The van der Waals surface area contributed by atoms with Crippen molar-refractivity contribution in [2.75, 3.05) is 42.5 Å². The summed E-state index contributed by atoms with van der Waals surface area (Å²) in [6.07, 6.45) is 0.330. The van der Waals surface area contributed by atoms with Crippen LogP contribution in [0.5, 0.6) is 0 Å². The number of H-pyrrole nitrogens is 1. The molecule has 1 aliphatic rings. The first-order chi connectivity index (χ1) is 16.0. The third-order valence-electron chi connectivity index (χ3n) is 5.71. The van der Waals surface area contributed by atoms with Crippen LogP contribution in [0.15, 0.2) is 48.5 Å². The van der Waals surface area contributed by atoms with Crippen LogP contribution in [-0.2, 0) is 11.2 Å². The minimum Gasteiger partial charge on any atom is -0.399 e. The lowest BCUT2D eigenvalue weighted by Crippen LogP contribution is -2.49. The SMILES string of the molecule is Nc1ccc(-c2nc3nc(N)nc(N4CCN(C(=O)Cc5cccc(Cl)c5)CC4)c3[nH]2)cc1. The molecular weight excluding hydrogens is 440 g/mol. The van der Waals surface area contributed by atoms with Gasteiger partial charge in [0.25, 0.3) is 0 Å².